The van der Waals surface area contributed by atoms with Crippen LogP contribution in [0, 0.1) is 5.82 Å². The Morgan fingerprint density at radius 1 is 1.47 bits per heavy atom. The quantitative estimate of drug-likeness (QED) is 0.886. The number of rotatable bonds is 5. The molecule has 2 N–H and O–H groups in total. The number of hydrogen-bond acceptors (Lipinski definition) is 3. The van der Waals surface area contributed by atoms with Crippen molar-refractivity contribution < 1.29 is 18.3 Å². The molecule has 0 aliphatic carbocycles. The van der Waals surface area contributed by atoms with Gasteiger partial charge in [-0.25, -0.2) is 8.78 Å². The zero-order chi connectivity index (χ0) is 14.4. The Hall–Kier alpha value is -1.95. The molecule has 0 atom stereocenters. The van der Waals surface area contributed by atoms with Crippen molar-refractivity contribution in [3.8, 4) is 5.75 Å². The molecule has 6 heteroatoms. The van der Waals surface area contributed by atoms with Gasteiger partial charge in [-0.2, -0.15) is 0 Å². The lowest BCUT2D eigenvalue weighted by Crippen LogP contribution is -2.21. The normalized spacial score (nSPS) is 11.3. The Bertz CT molecular complexity index is 488. The van der Waals surface area contributed by atoms with E-state index in [2.05, 4.69) is 0 Å². The highest BCUT2D eigenvalue weighted by Crippen LogP contribution is 2.19. The lowest BCUT2D eigenvalue weighted by atomic mass is 10.2. The molecular formula is C13H16F2N2O2. The summed E-state index contributed by atoms with van der Waals surface area (Å²) in [6.45, 7) is -0.139. The molecule has 0 saturated heterocycles. The van der Waals surface area contributed by atoms with E-state index in [1.165, 1.54) is 17.0 Å². The maximum atomic E-state index is 13.7. The number of carbonyl (C=O) groups is 1. The minimum Gasteiger partial charge on any atom is -0.486 e. The van der Waals surface area contributed by atoms with E-state index in [9.17, 15) is 13.6 Å². The Balaban J connectivity index is 2.81. The number of benzene rings is 1. The van der Waals surface area contributed by atoms with Crippen molar-refractivity contribution in [3.05, 3.63) is 41.5 Å². The molecule has 0 saturated carbocycles. The molecule has 0 aliphatic heterocycles. The van der Waals surface area contributed by atoms with E-state index in [1.54, 1.807) is 14.1 Å². The highest BCUT2D eigenvalue weighted by molar-refractivity contribution is 5.94. The van der Waals surface area contributed by atoms with Crippen molar-refractivity contribution in [2.24, 2.45) is 5.73 Å². The van der Waals surface area contributed by atoms with Crippen LogP contribution in [0.15, 0.2) is 30.1 Å². The second-order valence-corrected chi connectivity index (χ2v) is 4.10. The molecular weight excluding hydrogens is 254 g/mol. The van der Waals surface area contributed by atoms with Crippen molar-refractivity contribution in [2.75, 3.05) is 27.2 Å². The van der Waals surface area contributed by atoms with E-state index >= 15 is 0 Å². The van der Waals surface area contributed by atoms with Crippen molar-refractivity contribution >= 4 is 5.91 Å². The third-order valence-corrected chi connectivity index (χ3v) is 2.41. The number of carbonyl (C=O) groups excluding carboxylic acids is 1. The molecule has 1 amide bonds. The van der Waals surface area contributed by atoms with Gasteiger partial charge in [-0.15, -0.1) is 0 Å². The average Bonchev–Trinajstić information content (AvgIpc) is 2.40. The van der Waals surface area contributed by atoms with E-state index in [1.807, 2.05) is 0 Å². The van der Waals surface area contributed by atoms with Gasteiger partial charge in [-0.3, -0.25) is 4.79 Å². The minimum atomic E-state index is -0.678. The Morgan fingerprint density at radius 2 is 2.16 bits per heavy atom. The van der Waals surface area contributed by atoms with E-state index < -0.39 is 5.82 Å². The zero-order valence-electron chi connectivity index (χ0n) is 10.8. The molecule has 0 unspecified atom stereocenters. The van der Waals surface area contributed by atoms with E-state index in [-0.39, 0.29) is 35.9 Å². The van der Waals surface area contributed by atoms with Crippen molar-refractivity contribution in [1.29, 1.82) is 0 Å². The Morgan fingerprint density at radius 3 is 2.63 bits per heavy atom. The van der Waals surface area contributed by atoms with Crippen LogP contribution in [0.25, 0.3) is 0 Å². The molecule has 1 rings (SSSR count). The fraction of sp³-hybridized carbons (Fsp3) is 0.308. The number of nitrogens with two attached hydrogens (primary N) is 1. The molecule has 0 bridgehead atoms. The number of amides is 1. The van der Waals surface area contributed by atoms with Crippen LogP contribution < -0.4 is 10.5 Å². The van der Waals surface area contributed by atoms with Gasteiger partial charge in [-0.1, -0.05) is 0 Å². The third-order valence-electron chi connectivity index (χ3n) is 2.41. The first-order valence-corrected chi connectivity index (χ1v) is 5.61. The van der Waals surface area contributed by atoms with Crippen LogP contribution in [0.5, 0.6) is 5.75 Å². The molecule has 0 aromatic heterocycles. The highest BCUT2D eigenvalue weighted by Gasteiger charge is 2.12. The second-order valence-electron chi connectivity index (χ2n) is 4.10. The molecule has 104 valence electrons. The molecule has 0 heterocycles. The van der Waals surface area contributed by atoms with Gasteiger partial charge in [0.1, 0.15) is 6.61 Å². The fourth-order valence-electron chi connectivity index (χ4n) is 1.31. The van der Waals surface area contributed by atoms with Crippen molar-refractivity contribution in [3.63, 3.8) is 0 Å². The summed E-state index contributed by atoms with van der Waals surface area (Å²) in [7, 11) is 3.15. The standard InChI is InChI=1S/C13H16F2N2O2/c1-17(2)13(18)10-3-4-12(11(15)5-10)19-8-9(6-14)7-16/h3-6H,7-8,16H2,1-2H3. The van der Waals surface area contributed by atoms with Gasteiger partial charge in [0, 0.05) is 31.8 Å². The summed E-state index contributed by atoms with van der Waals surface area (Å²) in [4.78, 5) is 13.0. The van der Waals surface area contributed by atoms with Gasteiger partial charge in [0.2, 0.25) is 0 Å². The van der Waals surface area contributed by atoms with Crippen LogP contribution in [0.3, 0.4) is 0 Å². The van der Waals surface area contributed by atoms with Crippen LogP contribution >= 0.6 is 0 Å². The molecule has 0 spiro atoms. The maximum absolute atomic E-state index is 13.7. The average molecular weight is 270 g/mol. The van der Waals surface area contributed by atoms with E-state index in [4.69, 9.17) is 10.5 Å². The summed E-state index contributed by atoms with van der Waals surface area (Å²) in [6, 6.07) is 3.86. The summed E-state index contributed by atoms with van der Waals surface area (Å²) in [6.07, 6.45) is 0.335. The summed E-state index contributed by atoms with van der Waals surface area (Å²) >= 11 is 0. The topological polar surface area (TPSA) is 55.6 Å². The molecule has 0 aliphatic rings. The number of hydrogen-bond donors (Lipinski definition) is 1. The number of nitrogens with zero attached hydrogens (tertiary/aromatic N) is 1. The van der Waals surface area contributed by atoms with Gasteiger partial charge in [0.25, 0.3) is 5.91 Å². The Kier molecular flexibility index (Phi) is 5.44. The summed E-state index contributed by atoms with van der Waals surface area (Å²) < 4.78 is 31.0. The van der Waals surface area contributed by atoms with Crippen LogP contribution in [0.2, 0.25) is 0 Å². The molecule has 19 heavy (non-hydrogen) atoms. The van der Waals surface area contributed by atoms with Crippen molar-refractivity contribution in [2.45, 2.75) is 0 Å². The number of halogens is 2. The minimum absolute atomic E-state index is 0.00464. The summed E-state index contributed by atoms with van der Waals surface area (Å²) in [5, 5.41) is 0. The monoisotopic (exact) mass is 270 g/mol. The largest absolute Gasteiger partial charge is 0.486 e. The van der Waals surface area contributed by atoms with E-state index in [0.29, 0.717) is 6.33 Å². The fourth-order valence-corrected chi connectivity index (χ4v) is 1.31. The molecule has 1 aromatic carbocycles. The van der Waals surface area contributed by atoms with Gasteiger partial charge in [0.15, 0.2) is 11.6 Å². The number of ether oxygens (including phenoxy) is 1. The summed E-state index contributed by atoms with van der Waals surface area (Å²) in [5.74, 6) is -1.04. The van der Waals surface area contributed by atoms with Crippen LogP contribution in [-0.4, -0.2) is 38.1 Å². The predicted molar refractivity (Wildman–Crippen MR) is 68.2 cm³/mol. The van der Waals surface area contributed by atoms with E-state index in [0.717, 1.165) is 6.07 Å². The molecule has 4 nitrogen and oxygen atoms in total. The lowest BCUT2D eigenvalue weighted by Gasteiger charge is -2.12. The van der Waals surface area contributed by atoms with Crippen LogP contribution in [0.1, 0.15) is 10.4 Å². The van der Waals surface area contributed by atoms with Crippen LogP contribution in [-0.2, 0) is 0 Å². The predicted octanol–water partition coefficient (Wildman–Crippen LogP) is 1.72. The molecule has 0 radical (unpaired) electrons. The maximum Gasteiger partial charge on any atom is 0.253 e. The first kappa shape index (κ1) is 15.1. The SMILES string of the molecule is CN(C)C(=O)c1ccc(OCC(=CF)CN)c(F)c1. The third kappa shape index (κ3) is 4.03. The lowest BCUT2D eigenvalue weighted by molar-refractivity contribution is 0.0827. The first-order chi connectivity index (χ1) is 8.99. The Labute approximate surface area is 110 Å². The smallest absolute Gasteiger partial charge is 0.253 e. The zero-order valence-corrected chi connectivity index (χ0v) is 10.8. The van der Waals surface area contributed by atoms with Crippen molar-refractivity contribution in [1.82, 2.24) is 4.90 Å². The highest BCUT2D eigenvalue weighted by atomic mass is 19.1. The van der Waals surface area contributed by atoms with Gasteiger partial charge in [0.05, 0.1) is 6.33 Å². The van der Waals surface area contributed by atoms with Gasteiger partial charge in [-0.05, 0) is 18.2 Å². The molecule has 0 fully saturated rings. The van der Waals surface area contributed by atoms with Gasteiger partial charge >= 0.3 is 0 Å². The second kappa shape index (κ2) is 6.84. The summed E-state index contributed by atoms with van der Waals surface area (Å²) in [5.41, 5.74) is 5.68. The first-order valence-electron chi connectivity index (χ1n) is 5.61. The van der Waals surface area contributed by atoms with Crippen LogP contribution in [0.4, 0.5) is 8.78 Å². The van der Waals surface area contributed by atoms with Gasteiger partial charge < -0.3 is 15.4 Å². The molecule has 1 aromatic rings.